The summed E-state index contributed by atoms with van der Waals surface area (Å²) >= 11 is 0. The number of hydrogen-bond donors (Lipinski definition) is 2. The number of hydrogen-bond acceptors (Lipinski definition) is 4. The Labute approximate surface area is 116 Å². The summed E-state index contributed by atoms with van der Waals surface area (Å²) in [6.45, 7) is 9.77. The lowest BCUT2D eigenvalue weighted by atomic mass is 10.2. The van der Waals surface area contributed by atoms with Crippen LogP contribution in [0.15, 0.2) is 4.99 Å². The number of rotatable bonds is 7. The van der Waals surface area contributed by atoms with Crippen LogP contribution in [0.3, 0.4) is 0 Å². The second kappa shape index (κ2) is 9.61. The molecular weight excluding hydrogens is 246 g/mol. The first-order chi connectivity index (χ1) is 8.89. The normalized spacial score (nSPS) is 12.2. The van der Waals surface area contributed by atoms with E-state index in [1.807, 2.05) is 27.7 Å². The fourth-order valence-corrected chi connectivity index (χ4v) is 1.28. The first-order valence-corrected chi connectivity index (χ1v) is 6.63. The zero-order valence-corrected chi connectivity index (χ0v) is 12.7. The molecule has 0 aliphatic carbocycles. The van der Waals surface area contributed by atoms with Crippen molar-refractivity contribution in [3.05, 3.63) is 0 Å². The van der Waals surface area contributed by atoms with E-state index in [0.29, 0.717) is 12.6 Å². The van der Waals surface area contributed by atoms with Gasteiger partial charge in [0.25, 0.3) is 0 Å². The van der Waals surface area contributed by atoms with Crippen molar-refractivity contribution >= 4 is 11.9 Å². The van der Waals surface area contributed by atoms with Crippen LogP contribution in [-0.2, 0) is 14.3 Å². The number of ether oxygens (including phenoxy) is 2. The molecule has 0 radical (unpaired) electrons. The summed E-state index contributed by atoms with van der Waals surface area (Å²) in [7, 11) is 1.66. The summed E-state index contributed by atoms with van der Waals surface area (Å²) < 4.78 is 10.4. The van der Waals surface area contributed by atoms with Crippen molar-refractivity contribution in [2.45, 2.75) is 39.7 Å². The van der Waals surface area contributed by atoms with E-state index in [-0.39, 0.29) is 12.5 Å². The van der Waals surface area contributed by atoms with Gasteiger partial charge in [-0.3, -0.25) is 9.79 Å². The Morgan fingerprint density at radius 2 is 1.95 bits per heavy atom. The number of guanidine groups is 1. The van der Waals surface area contributed by atoms with Gasteiger partial charge < -0.3 is 20.1 Å². The summed E-state index contributed by atoms with van der Waals surface area (Å²) in [6.07, 6.45) is 0.890. The molecule has 0 atom stereocenters. The van der Waals surface area contributed by atoms with Crippen LogP contribution in [0.1, 0.15) is 34.1 Å². The quantitative estimate of drug-likeness (QED) is 0.312. The molecule has 112 valence electrons. The van der Waals surface area contributed by atoms with Crippen molar-refractivity contribution in [3.8, 4) is 0 Å². The van der Waals surface area contributed by atoms with E-state index in [4.69, 9.17) is 9.47 Å². The number of nitrogens with one attached hydrogen (secondary N) is 2. The highest BCUT2D eigenvalue weighted by atomic mass is 16.6. The molecule has 0 amide bonds. The Bertz CT molecular complexity index is 285. The molecule has 6 nitrogen and oxygen atoms in total. The van der Waals surface area contributed by atoms with Crippen molar-refractivity contribution in [2.24, 2.45) is 4.99 Å². The lowest BCUT2D eigenvalue weighted by molar-refractivity contribution is -0.153. The monoisotopic (exact) mass is 273 g/mol. The second-order valence-corrected chi connectivity index (χ2v) is 4.99. The van der Waals surface area contributed by atoms with E-state index >= 15 is 0 Å². The SMILES string of the molecule is CCOCCCNC(=NC)NCC(=O)OC(C)(C)C. The van der Waals surface area contributed by atoms with E-state index in [9.17, 15) is 4.79 Å². The van der Waals surface area contributed by atoms with Crippen molar-refractivity contribution in [1.82, 2.24) is 10.6 Å². The average Bonchev–Trinajstić information content (AvgIpc) is 2.30. The van der Waals surface area contributed by atoms with Gasteiger partial charge in [0, 0.05) is 26.8 Å². The van der Waals surface area contributed by atoms with Gasteiger partial charge in [-0.25, -0.2) is 0 Å². The van der Waals surface area contributed by atoms with E-state index in [1.54, 1.807) is 7.05 Å². The molecule has 0 unspecified atom stereocenters. The maximum absolute atomic E-state index is 11.5. The van der Waals surface area contributed by atoms with Crippen LogP contribution in [0, 0.1) is 0 Å². The summed E-state index contributed by atoms with van der Waals surface area (Å²) in [5.41, 5.74) is -0.465. The summed E-state index contributed by atoms with van der Waals surface area (Å²) in [5, 5.41) is 6.00. The van der Waals surface area contributed by atoms with Crippen molar-refractivity contribution in [3.63, 3.8) is 0 Å². The first-order valence-electron chi connectivity index (χ1n) is 6.63. The highest BCUT2D eigenvalue weighted by Gasteiger charge is 2.16. The average molecular weight is 273 g/mol. The highest BCUT2D eigenvalue weighted by Crippen LogP contribution is 2.05. The van der Waals surface area contributed by atoms with Gasteiger partial charge in [-0.2, -0.15) is 0 Å². The minimum Gasteiger partial charge on any atom is -0.459 e. The van der Waals surface area contributed by atoms with Crippen LogP contribution in [0.2, 0.25) is 0 Å². The standard InChI is InChI=1S/C13H27N3O3/c1-6-18-9-7-8-15-12(14-5)16-10-11(17)19-13(2,3)4/h6-10H2,1-5H3,(H2,14,15,16). The van der Waals surface area contributed by atoms with Gasteiger partial charge in [-0.1, -0.05) is 0 Å². The Morgan fingerprint density at radius 3 is 2.47 bits per heavy atom. The number of aliphatic imine (C=N–C) groups is 1. The lowest BCUT2D eigenvalue weighted by Crippen LogP contribution is -2.42. The molecule has 0 aromatic rings. The topological polar surface area (TPSA) is 72.0 Å². The molecule has 2 N–H and O–H groups in total. The highest BCUT2D eigenvalue weighted by molar-refractivity contribution is 5.84. The van der Waals surface area contributed by atoms with E-state index in [1.165, 1.54) is 0 Å². The van der Waals surface area contributed by atoms with Gasteiger partial charge in [-0.05, 0) is 34.1 Å². The molecule has 0 aromatic heterocycles. The molecule has 0 aromatic carbocycles. The number of carbonyl (C=O) groups is 1. The Hall–Kier alpha value is -1.30. The van der Waals surface area contributed by atoms with Gasteiger partial charge in [0.2, 0.25) is 0 Å². The summed E-state index contributed by atoms with van der Waals surface area (Å²) in [4.78, 5) is 15.5. The smallest absolute Gasteiger partial charge is 0.325 e. The predicted molar refractivity (Wildman–Crippen MR) is 76.3 cm³/mol. The maximum Gasteiger partial charge on any atom is 0.325 e. The zero-order valence-electron chi connectivity index (χ0n) is 12.7. The Balaban J connectivity index is 3.79. The van der Waals surface area contributed by atoms with Crippen molar-refractivity contribution in [2.75, 3.05) is 33.4 Å². The van der Waals surface area contributed by atoms with Crippen molar-refractivity contribution in [1.29, 1.82) is 0 Å². The molecule has 0 saturated carbocycles. The van der Waals surface area contributed by atoms with Gasteiger partial charge in [0.15, 0.2) is 5.96 Å². The van der Waals surface area contributed by atoms with Crippen molar-refractivity contribution < 1.29 is 14.3 Å². The minimum atomic E-state index is -0.465. The van der Waals surface area contributed by atoms with Crippen LogP contribution in [0.5, 0.6) is 0 Å². The molecule has 0 rings (SSSR count). The van der Waals surface area contributed by atoms with Crippen LogP contribution in [0.4, 0.5) is 0 Å². The summed E-state index contributed by atoms with van der Waals surface area (Å²) in [5.74, 6) is 0.284. The van der Waals surface area contributed by atoms with Crippen LogP contribution in [0.25, 0.3) is 0 Å². The van der Waals surface area contributed by atoms with Crippen LogP contribution >= 0.6 is 0 Å². The Kier molecular flexibility index (Phi) is 8.95. The van der Waals surface area contributed by atoms with Gasteiger partial charge >= 0.3 is 5.97 Å². The number of nitrogens with zero attached hydrogens (tertiary/aromatic N) is 1. The molecule has 0 saturated heterocycles. The van der Waals surface area contributed by atoms with E-state index in [0.717, 1.165) is 19.6 Å². The third-order valence-corrected chi connectivity index (χ3v) is 2.01. The molecule has 0 fully saturated rings. The minimum absolute atomic E-state index is 0.0996. The number of carbonyl (C=O) groups excluding carboxylic acids is 1. The third-order valence-electron chi connectivity index (χ3n) is 2.01. The number of esters is 1. The lowest BCUT2D eigenvalue weighted by Gasteiger charge is -2.20. The first kappa shape index (κ1) is 17.7. The van der Waals surface area contributed by atoms with Gasteiger partial charge in [0.1, 0.15) is 12.1 Å². The van der Waals surface area contributed by atoms with Gasteiger partial charge in [0.05, 0.1) is 0 Å². The maximum atomic E-state index is 11.5. The molecule has 0 bridgehead atoms. The zero-order chi connectivity index (χ0) is 14.7. The largest absolute Gasteiger partial charge is 0.459 e. The molecule has 0 aliphatic heterocycles. The van der Waals surface area contributed by atoms with Crippen LogP contribution in [-0.4, -0.2) is 50.9 Å². The van der Waals surface area contributed by atoms with Gasteiger partial charge in [-0.15, -0.1) is 0 Å². The summed E-state index contributed by atoms with van der Waals surface area (Å²) in [6, 6.07) is 0. The van der Waals surface area contributed by atoms with Crippen LogP contribution < -0.4 is 10.6 Å². The third kappa shape index (κ3) is 11.5. The molecule has 0 spiro atoms. The van der Waals surface area contributed by atoms with E-state index in [2.05, 4.69) is 15.6 Å². The van der Waals surface area contributed by atoms with E-state index < -0.39 is 5.60 Å². The predicted octanol–water partition coefficient (Wildman–Crippen LogP) is 0.920. The fraction of sp³-hybridized carbons (Fsp3) is 0.846. The fourth-order valence-electron chi connectivity index (χ4n) is 1.28. The molecule has 19 heavy (non-hydrogen) atoms. The molecule has 6 heteroatoms. The Morgan fingerprint density at radius 1 is 1.26 bits per heavy atom. The molecule has 0 aliphatic rings. The second-order valence-electron chi connectivity index (χ2n) is 4.99. The molecular formula is C13H27N3O3. The molecule has 0 heterocycles.